The number of hydrogen-bond donors (Lipinski definition) is 4. The third-order valence-corrected chi connectivity index (χ3v) is 4.75. The molecule has 148 valence electrons. The van der Waals surface area contributed by atoms with Crippen LogP contribution in [0.4, 0.5) is 10.1 Å². The molecule has 10 nitrogen and oxygen atoms in total. The van der Waals surface area contributed by atoms with Gasteiger partial charge in [0.1, 0.15) is 12.2 Å². The lowest BCUT2D eigenvalue weighted by Gasteiger charge is -2.37. The second-order valence-corrected chi connectivity index (χ2v) is 6.41. The van der Waals surface area contributed by atoms with Crippen molar-refractivity contribution in [3.05, 3.63) is 28.4 Å². The minimum absolute atomic E-state index is 0.411. The zero-order chi connectivity index (χ0) is 20.9. The van der Waals surface area contributed by atoms with E-state index in [0.29, 0.717) is 4.57 Å². The summed E-state index contributed by atoms with van der Waals surface area (Å²) >= 11 is 0. The smallest absolute Gasteiger partial charge is 0.290 e. The molecule has 0 spiro atoms. The molecule has 2 rings (SSSR count). The van der Waals surface area contributed by atoms with Gasteiger partial charge in [-0.25, -0.2) is 0 Å². The number of aromatic nitrogens is 1. The highest BCUT2D eigenvalue weighted by molar-refractivity contribution is 5.99. The van der Waals surface area contributed by atoms with Crippen molar-refractivity contribution in [2.75, 3.05) is 5.73 Å². The van der Waals surface area contributed by atoms with Crippen LogP contribution < -0.4 is 11.3 Å². The highest BCUT2D eigenvalue weighted by Crippen LogP contribution is 2.47. The molecule has 1 aromatic rings. The molecule has 27 heavy (non-hydrogen) atoms. The van der Waals surface area contributed by atoms with Crippen LogP contribution in [-0.2, 0) is 19.1 Å². The number of nitrogens with two attached hydrogens (primary N) is 1. The first-order chi connectivity index (χ1) is 12.3. The molecule has 0 aliphatic carbocycles. The van der Waals surface area contributed by atoms with E-state index >= 15 is 0 Å². The molecule has 0 aromatic carbocycles. The number of rotatable bonds is 5. The Morgan fingerprint density at radius 2 is 1.74 bits per heavy atom. The molecule has 0 radical (unpaired) electrons. The largest absolute Gasteiger partial charge is 0.396 e. The van der Waals surface area contributed by atoms with Gasteiger partial charge < -0.3 is 25.8 Å². The van der Waals surface area contributed by atoms with Crippen LogP contribution in [0.5, 0.6) is 0 Å². The number of ketones is 3. The van der Waals surface area contributed by atoms with Crippen molar-refractivity contribution in [1.29, 1.82) is 0 Å². The third-order valence-electron chi connectivity index (χ3n) is 4.75. The fraction of sp³-hybridized carbons (Fsp3) is 0.500. The maximum atomic E-state index is 13.9. The number of aliphatic hydroxyl groups excluding tert-OH is 1. The fourth-order valence-corrected chi connectivity index (χ4v) is 3.16. The number of halogens is 1. The summed E-state index contributed by atoms with van der Waals surface area (Å²) in [6, 6.07) is 0.933. The van der Waals surface area contributed by atoms with Crippen molar-refractivity contribution >= 4 is 23.0 Å². The van der Waals surface area contributed by atoms with Crippen LogP contribution in [0, 0.1) is 5.82 Å². The Balaban J connectivity index is 2.81. The van der Waals surface area contributed by atoms with E-state index in [1.165, 1.54) is 0 Å². The molecule has 1 fully saturated rings. The van der Waals surface area contributed by atoms with E-state index in [1.807, 2.05) is 0 Å². The molecular weight excluding hydrogens is 367 g/mol. The quantitative estimate of drug-likeness (QED) is 0.449. The summed E-state index contributed by atoms with van der Waals surface area (Å²) in [6.45, 7) is 2.52. The van der Waals surface area contributed by atoms with Gasteiger partial charge in [0.05, 0.1) is 5.69 Å². The first-order valence-corrected chi connectivity index (χ1v) is 7.78. The summed E-state index contributed by atoms with van der Waals surface area (Å²) in [4.78, 5) is 48.1. The average molecular weight is 386 g/mol. The Kier molecular flexibility index (Phi) is 5.10. The normalized spacial score (nSPS) is 31.5. The Morgan fingerprint density at radius 1 is 1.22 bits per heavy atom. The molecule has 0 bridgehead atoms. The molecule has 11 heteroatoms. The molecule has 5 atom stereocenters. The second kappa shape index (κ2) is 6.60. The minimum Gasteiger partial charge on any atom is -0.396 e. The lowest BCUT2D eigenvalue weighted by atomic mass is 9.73. The molecule has 0 saturated carbocycles. The van der Waals surface area contributed by atoms with E-state index in [0.717, 1.165) is 33.0 Å². The predicted molar refractivity (Wildman–Crippen MR) is 86.9 cm³/mol. The minimum atomic E-state index is -3.10. The Bertz CT molecular complexity index is 884. The SMILES string of the molecule is CC(=O)C(O)[C@H]1O[C@@H](n2ccc(N)c(F)c2=O)[C@@](O)(C(C)=O)[C@@]1(O)C(C)=O. The van der Waals surface area contributed by atoms with Crippen molar-refractivity contribution in [2.45, 2.75) is 50.4 Å². The van der Waals surface area contributed by atoms with Crippen LogP contribution in [0.2, 0.25) is 0 Å². The van der Waals surface area contributed by atoms with E-state index in [-0.39, 0.29) is 0 Å². The van der Waals surface area contributed by atoms with E-state index < -0.39 is 64.1 Å². The maximum absolute atomic E-state index is 13.9. The van der Waals surface area contributed by atoms with Crippen LogP contribution in [0.15, 0.2) is 17.1 Å². The van der Waals surface area contributed by atoms with Crippen molar-refractivity contribution in [3.8, 4) is 0 Å². The second-order valence-electron chi connectivity index (χ2n) is 6.41. The lowest BCUT2D eigenvalue weighted by Crippen LogP contribution is -2.68. The zero-order valence-electron chi connectivity index (χ0n) is 14.7. The highest BCUT2D eigenvalue weighted by atomic mass is 19.1. The number of pyridine rings is 1. The summed E-state index contributed by atoms with van der Waals surface area (Å²) < 4.78 is 19.6. The van der Waals surface area contributed by atoms with Gasteiger partial charge in [-0.15, -0.1) is 0 Å². The van der Waals surface area contributed by atoms with E-state index in [2.05, 4.69) is 0 Å². The summed E-state index contributed by atoms with van der Waals surface area (Å²) in [5.74, 6) is -4.79. The zero-order valence-corrected chi connectivity index (χ0v) is 14.7. The molecule has 1 aliphatic heterocycles. The molecule has 1 aromatic heterocycles. The van der Waals surface area contributed by atoms with Crippen LogP contribution in [0.1, 0.15) is 27.0 Å². The van der Waals surface area contributed by atoms with Gasteiger partial charge in [-0.1, -0.05) is 0 Å². The molecule has 1 unspecified atom stereocenters. The number of hydrogen-bond acceptors (Lipinski definition) is 9. The lowest BCUT2D eigenvalue weighted by molar-refractivity contribution is -0.184. The van der Waals surface area contributed by atoms with Gasteiger partial charge in [0, 0.05) is 6.20 Å². The number of nitrogen functional groups attached to an aromatic ring is 1. The highest BCUT2D eigenvalue weighted by Gasteiger charge is 2.73. The standard InChI is InChI=1S/C16H19FN2O8/c1-6(20)11(23)12-15(25,7(2)21)16(26,8(3)22)14(27-12)19-5-4-9(18)10(17)13(19)24/h4-5,11-12,14,23,25-26H,18H2,1-3H3/t11?,12-,14-,15-,16+/m1/s1. The van der Waals surface area contributed by atoms with Crippen molar-refractivity contribution in [2.24, 2.45) is 0 Å². The van der Waals surface area contributed by atoms with Crippen molar-refractivity contribution in [1.82, 2.24) is 4.57 Å². The summed E-state index contributed by atoms with van der Waals surface area (Å²) in [5.41, 5.74) is -2.85. The Labute approximate surface area is 152 Å². The molecule has 0 amide bonds. The van der Waals surface area contributed by atoms with Gasteiger partial charge in [0.25, 0.3) is 5.56 Å². The molecule has 1 aliphatic rings. The van der Waals surface area contributed by atoms with Crippen LogP contribution >= 0.6 is 0 Å². The van der Waals surface area contributed by atoms with Crippen molar-refractivity contribution in [3.63, 3.8) is 0 Å². The number of ether oxygens (including phenoxy) is 1. The number of carbonyl (C=O) groups is 3. The number of carbonyl (C=O) groups excluding carboxylic acids is 3. The first-order valence-electron chi connectivity index (χ1n) is 7.78. The van der Waals surface area contributed by atoms with Gasteiger partial charge in [-0.3, -0.25) is 23.7 Å². The molecule has 2 heterocycles. The summed E-state index contributed by atoms with van der Waals surface area (Å²) in [6.07, 6.45) is -5.46. The maximum Gasteiger partial charge on any atom is 0.290 e. The van der Waals surface area contributed by atoms with E-state index in [1.54, 1.807) is 0 Å². The Hall–Kier alpha value is -2.47. The van der Waals surface area contributed by atoms with Gasteiger partial charge in [0.15, 0.2) is 29.2 Å². The molecule has 5 N–H and O–H groups in total. The Morgan fingerprint density at radius 3 is 2.19 bits per heavy atom. The summed E-state index contributed by atoms with van der Waals surface area (Å²) in [5, 5.41) is 31.9. The van der Waals surface area contributed by atoms with E-state index in [4.69, 9.17) is 10.5 Å². The number of anilines is 1. The van der Waals surface area contributed by atoms with E-state index in [9.17, 15) is 38.9 Å². The molecular formula is C16H19FN2O8. The van der Waals surface area contributed by atoms with Gasteiger partial charge in [-0.05, 0) is 26.8 Å². The van der Waals surface area contributed by atoms with Crippen molar-refractivity contribution < 1.29 is 38.8 Å². The number of aliphatic hydroxyl groups is 3. The van der Waals surface area contributed by atoms with Crippen LogP contribution in [-0.4, -0.2) is 60.6 Å². The summed E-state index contributed by atoms with van der Waals surface area (Å²) in [7, 11) is 0. The van der Waals surface area contributed by atoms with Crippen LogP contribution in [0.25, 0.3) is 0 Å². The number of nitrogens with zero attached hydrogens (tertiary/aromatic N) is 1. The third kappa shape index (κ3) is 2.70. The first kappa shape index (κ1) is 20.8. The van der Waals surface area contributed by atoms with Gasteiger partial charge in [0.2, 0.25) is 11.4 Å². The van der Waals surface area contributed by atoms with Crippen LogP contribution in [0.3, 0.4) is 0 Å². The monoisotopic (exact) mass is 386 g/mol. The number of Topliss-reactive ketones (excluding diaryl/α,β-unsaturated/α-hetero) is 3. The van der Waals surface area contributed by atoms with Gasteiger partial charge >= 0.3 is 0 Å². The fourth-order valence-electron chi connectivity index (χ4n) is 3.16. The average Bonchev–Trinajstić information content (AvgIpc) is 2.83. The topological polar surface area (TPSA) is 169 Å². The van der Waals surface area contributed by atoms with Gasteiger partial charge in [-0.2, -0.15) is 4.39 Å². The molecule has 1 saturated heterocycles. The predicted octanol–water partition coefficient (Wildman–Crippen LogP) is -1.94.